The first-order valence-corrected chi connectivity index (χ1v) is 11.2. The number of nitrogens with one attached hydrogen (secondary N) is 2. The normalized spacial score (nSPS) is 20.0. The van der Waals surface area contributed by atoms with Crippen molar-refractivity contribution in [2.75, 3.05) is 13.2 Å². The van der Waals surface area contributed by atoms with Crippen LogP contribution >= 0.6 is 0 Å². The number of H-pyrrole nitrogens is 1. The number of ether oxygens (including phenoxy) is 2. The molecule has 2 heterocycles. The first-order valence-electron chi connectivity index (χ1n) is 11.2. The highest BCUT2D eigenvalue weighted by atomic mass is 16.6. The standard InChI is InChI=1S/C25H26N4O3/c1-29-21-7-5-16(9-10-26)13-20(21)28-24(29)17-3-2-4-19(14-17)27-25(30)18-6-8-22-23(15-18)32-12-11-31-22/h5-8,13,15,17,19H,2-4,9,11-12,14H2,1H3,(H,27,30)/p+1. The van der Waals surface area contributed by atoms with Crippen molar-refractivity contribution in [2.24, 2.45) is 7.05 Å². The molecule has 1 aliphatic heterocycles. The predicted molar refractivity (Wildman–Crippen MR) is 119 cm³/mol. The van der Waals surface area contributed by atoms with Gasteiger partial charge in [0.05, 0.1) is 25.5 Å². The summed E-state index contributed by atoms with van der Waals surface area (Å²) in [6.45, 7) is 1.04. The molecule has 0 bridgehead atoms. The third kappa shape index (κ3) is 3.89. The van der Waals surface area contributed by atoms with E-state index in [1.807, 2.05) is 6.07 Å². The summed E-state index contributed by atoms with van der Waals surface area (Å²) in [5, 5.41) is 12.2. The second kappa shape index (κ2) is 8.54. The lowest BCUT2D eigenvalue weighted by molar-refractivity contribution is -0.654. The molecule has 2 aliphatic rings. The van der Waals surface area contributed by atoms with Gasteiger partial charge in [-0.25, -0.2) is 9.55 Å². The van der Waals surface area contributed by atoms with Crippen LogP contribution in [0, 0.1) is 11.3 Å². The van der Waals surface area contributed by atoms with E-state index in [9.17, 15) is 4.79 Å². The predicted octanol–water partition coefficient (Wildman–Crippen LogP) is 3.29. The number of nitrogens with zero attached hydrogens (tertiary/aromatic N) is 2. The molecule has 2 aromatic carbocycles. The van der Waals surface area contributed by atoms with E-state index in [1.54, 1.807) is 18.2 Å². The topological polar surface area (TPSA) is 91.0 Å². The van der Waals surface area contributed by atoms with Crippen LogP contribution < -0.4 is 19.4 Å². The number of carbonyl (C=O) groups is 1. The summed E-state index contributed by atoms with van der Waals surface area (Å²) in [4.78, 5) is 16.5. The van der Waals surface area contributed by atoms with Crippen molar-refractivity contribution >= 4 is 16.9 Å². The minimum atomic E-state index is -0.0743. The zero-order valence-corrected chi connectivity index (χ0v) is 18.2. The van der Waals surface area contributed by atoms with Crippen LogP contribution in [-0.4, -0.2) is 30.1 Å². The Hall–Kier alpha value is -3.53. The van der Waals surface area contributed by atoms with Crippen molar-refractivity contribution in [1.82, 2.24) is 10.3 Å². The van der Waals surface area contributed by atoms with Crippen LogP contribution in [0.2, 0.25) is 0 Å². The van der Waals surface area contributed by atoms with E-state index in [0.717, 1.165) is 42.3 Å². The zero-order chi connectivity index (χ0) is 22.1. The number of rotatable bonds is 4. The maximum absolute atomic E-state index is 12.9. The fourth-order valence-corrected chi connectivity index (χ4v) is 4.93. The second-order valence-electron chi connectivity index (χ2n) is 8.65. The Bertz CT molecular complexity index is 1210. The van der Waals surface area contributed by atoms with E-state index < -0.39 is 0 Å². The number of aryl methyl sites for hydroxylation is 1. The lowest BCUT2D eigenvalue weighted by Gasteiger charge is -2.27. The fraction of sp³-hybridized carbons (Fsp3) is 0.400. The number of carbonyl (C=O) groups excluding carboxylic acids is 1. The van der Waals surface area contributed by atoms with Gasteiger partial charge in [-0.2, -0.15) is 5.26 Å². The van der Waals surface area contributed by atoms with Gasteiger partial charge in [0.1, 0.15) is 13.2 Å². The van der Waals surface area contributed by atoms with Gasteiger partial charge in [0, 0.05) is 11.6 Å². The third-order valence-corrected chi connectivity index (χ3v) is 6.53. The molecule has 2 N–H and O–H groups in total. The molecule has 2 atom stereocenters. The summed E-state index contributed by atoms with van der Waals surface area (Å²) in [5.74, 6) is 2.76. The molecule has 0 radical (unpaired) electrons. The Balaban J connectivity index is 1.31. The van der Waals surface area contributed by atoms with E-state index in [2.05, 4.69) is 40.1 Å². The Morgan fingerprint density at radius 2 is 2.03 bits per heavy atom. The highest BCUT2D eigenvalue weighted by Gasteiger charge is 2.32. The number of nitriles is 1. The molecule has 0 spiro atoms. The Morgan fingerprint density at radius 1 is 1.19 bits per heavy atom. The zero-order valence-electron chi connectivity index (χ0n) is 18.2. The molecule has 164 valence electrons. The summed E-state index contributed by atoms with van der Waals surface area (Å²) in [5.41, 5.74) is 3.79. The molecule has 2 unspecified atom stereocenters. The van der Waals surface area contributed by atoms with Crippen molar-refractivity contribution < 1.29 is 18.8 Å². The van der Waals surface area contributed by atoms with Crippen molar-refractivity contribution in [2.45, 2.75) is 44.1 Å². The van der Waals surface area contributed by atoms with E-state index in [0.29, 0.717) is 42.6 Å². The highest BCUT2D eigenvalue weighted by molar-refractivity contribution is 5.95. The van der Waals surface area contributed by atoms with Gasteiger partial charge in [-0.05, 0) is 55.2 Å². The molecule has 1 saturated carbocycles. The largest absolute Gasteiger partial charge is 0.486 e. The highest BCUT2D eigenvalue weighted by Crippen LogP contribution is 2.33. The summed E-state index contributed by atoms with van der Waals surface area (Å²) in [6, 6.07) is 13.8. The molecule has 5 rings (SSSR count). The molecule has 7 heteroatoms. The molecule has 1 aliphatic carbocycles. The molecule has 32 heavy (non-hydrogen) atoms. The maximum atomic E-state index is 12.9. The number of amides is 1. The lowest BCUT2D eigenvalue weighted by atomic mass is 9.85. The minimum absolute atomic E-state index is 0.0743. The number of imidazole rings is 1. The van der Waals surface area contributed by atoms with Crippen LogP contribution in [0.15, 0.2) is 36.4 Å². The SMILES string of the molecule is C[n+]1c(C2CCCC(NC(=O)c3ccc4c(c3)OCCO4)C2)[nH]c2cc(CC#N)ccc21. The second-order valence-corrected chi connectivity index (χ2v) is 8.65. The molecular weight excluding hydrogens is 404 g/mol. The summed E-state index contributed by atoms with van der Waals surface area (Å²) >= 11 is 0. The number of fused-ring (bicyclic) bond motifs is 2. The monoisotopic (exact) mass is 431 g/mol. The van der Waals surface area contributed by atoms with Gasteiger partial charge in [0.2, 0.25) is 0 Å². The third-order valence-electron chi connectivity index (χ3n) is 6.53. The van der Waals surface area contributed by atoms with E-state index in [-0.39, 0.29) is 11.9 Å². The number of aromatic amines is 1. The molecule has 0 saturated heterocycles. The van der Waals surface area contributed by atoms with Gasteiger partial charge in [-0.3, -0.25) is 4.79 Å². The van der Waals surface area contributed by atoms with Gasteiger partial charge >= 0.3 is 0 Å². The average Bonchev–Trinajstić information content (AvgIpc) is 3.15. The number of benzene rings is 2. The van der Waals surface area contributed by atoms with Gasteiger partial charge in [0.25, 0.3) is 11.7 Å². The number of aromatic nitrogens is 2. The van der Waals surface area contributed by atoms with Gasteiger partial charge < -0.3 is 14.8 Å². The first kappa shape index (κ1) is 20.4. The quantitative estimate of drug-likeness (QED) is 0.620. The minimum Gasteiger partial charge on any atom is -0.486 e. The summed E-state index contributed by atoms with van der Waals surface area (Å²) in [6.07, 6.45) is 4.42. The first-order chi connectivity index (χ1) is 15.6. The molecule has 3 aromatic rings. The fourth-order valence-electron chi connectivity index (χ4n) is 4.93. The van der Waals surface area contributed by atoms with Crippen LogP contribution in [0.3, 0.4) is 0 Å². The summed E-state index contributed by atoms with van der Waals surface area (Å²) in [7, 11) is 2.08. The van der Waals surface area contributed by atoms with Gasteiger partial charge in [-0.15, -0.1) is 0 Å². The van der Waals surface area contributed by atoms with E-state index in [1.165, 1.54) is 5.82 Å². The lowest BCUT2D eigenvalue weighted by Crippen LogP contribution is -2.41. The number of hydrogen-bond donors (Lipinski definition) is 2. The molecule has 1 fully saturated rings. The van der Waals surface area contributed by atoms with Crippen LogP contribution in [0.4, 0.5) is 0 Å². The van der Waals surface area contributed by atoms with Crippen molar-refractivity contribution in [3.05, 3.63) is 53.3 Å². The van der Waals surface area contributed by atoms with Crippen LogP contribution in [0.1, 0.15) is 53.3 Å². The molecule has 1 aromatic heterocycles. The van der Waals surface area contributed by atoms with Crippen molar-refractivity contribution in [3.63, 3.8) is 0 Å². The average molecular weight is 432 g/mol. The van der Waals surface area contributed by atoms with Crippen LogP contribution in [0.25, 0.3) is 11.0 Å². The number of hydrogen-bond acceptors (Lipinski definition) is 4. The molecular formula is C25H27N4O3+. The van der Waals surface area contributed by atoms with E-state index >= 15 is 0 Å². The Kier molecular flexibility index (Phi) is 5.44. The molecule has 1 amide bonds. The van der Waals surface area contributed by atoms with Gasteiger partial charge in [-0.1, -0.05) is 12.5 Å². The van der Waals surface area contributed by atoms with E-state index in [4.69, 9.17) is 14.7 Å². The van der Waals surface area contributed by atoms with Gasteiger partial charge in [0.15, 0.2) is 22.5 Å². The Labute approximate surface area is 187 Å². The Morgan fingerprint density at radius 3 is 2.88 bits per heavy atom. The summed E-state index contributed by atoms with van der Waals surface area (Å²) < 4.78 is 13.4. The maximum Gasteiger partial charge on any atom is 0.258 e. The van der Waals surface area contributed by atoms with Crippen molar-refractivity contribution in [1.29, 1.82) is 5.26 Å². The smallest absolute Gasteiger partial charge is 0.258 e. The molecule has 7 nitrogen and oxygen atoms in total. The van der Waals surface area contributed by atoms with Crippen LogP contribution in [-0.2, 0) is 13.5 Å². The van der Waals surface area contributed by atoms with Crippen molar-refractivity contribution in [3.8, 4) is 17.6 Å². The van der Waals surface area contributed by atoms with Crippen LogP contribution in [0.5, 0.6) is 11.5 Å².